The number of rotatable bonds is 6. The van der Waals surface area contributed by atoms with Gasteiger partial charge in [-0.2, -0.15) is 0 Å². The molecule has 1 saturated heterocycles. The summed E-state index contributed by atoms with van der Waals surface area (Å²) in [6.45, 7) is 4.71. The van der Waals surface area contributed by atoms with Gasteiger partial charge in [-0.1, -0.05) is 0 Å². The lowest BCUT2D eigenvalue weighted by atomic mass is 9.99. The number of unbranched alkanes of at least 4 members (excludes halogenated alkanes) is 1. The van der Waals surface area contributed by atoms with E-state index in [1.165, 1.54) is 5.01 Å². The van der Waals surface area contributed by atoms with E-state index in [4.69, 9.17) is 0 Å². The number of carbonyl (C=O) groups excluding carboxylic acids is 1. The number of hydrogen-bond donors (Lipinski definition) is 2. The van der Waals surface area contributed by atoms with Gasteiger partial charge in [0.1, 0.15) is 0 Å². The van der Waals surface area contributed by atoms with Crippen LogP contribution in [0.25, 0.3) is 0 Å². The van der Waals surface area contributed by atoms with Gasteiger partial charge in [0.05, 0.1) is 10.9 Å². The number of hydrogen-bond acceptors (Lipinski definition) is 4. The highest BCUT2D eigenvalue weighted by atomic mass is 35.5. The number of halogens is 2. The molecule has 1 aromatic heterocycles. The molecule has 1 fully saturated rings. The van der Waals surface area contributed by atoms with Gasteiger partial charge in [0, 0.05) is 24.2 Å². The van der Waals surface area contributed by atoms with Gasteiger partial charge in [-0.15, -0.1) is 36.2 Å². The molecule has 7 heteroatoms. The summed E-state index contributed by atoms with van der Waals surface area (Å²) in [5, 5.41) is 9.62. The third kappa shape index (κ3) is 7.45. The lowest BCUT2D eigenvalue weighted by Crippen LogP contribution is -2.40. The van der Waals surface area contributed by atoms with Crippen LogP contribution < -0.4 is 10.6 Å². The molecule has 21 heavy (non-hydrogen) atoms. The van der Waals surface area contributed by atoms with Crippen LogP contribution in [-0.2, 0) is 11.2 Å². The summed E-state index contributed by atoms with van der Waals surface area (Å²) >= 11 is 1.73. The van der Waals surface area contributed by atoms with Gasteiger partial charge in [0.25, 0.3) is 0 Å². The zero-order valence-electron chi connectivity index (χ0n) is 12.4. The Hall–Kier alpha value is -0.360. The number of aryl methyl sites for hydroxylation is 2. The minimum atomic E-state index is 0. The number of nitrogens with zero attached hydrogens (tertiary/aromatic N) is 1. The number of aromatic nitrogens is 1. The lowest BCUT2D eigenvalue weighted by molar-refractivity contribution is -0.125. The second-order valence-electron chi connectivity index (χ2n) is 5.17. The zero-order chi connectivity index (χ0) is 13.5. The van der Waals surface area contributed by atoms with Gasteiger partial charge in [-0.3, -0.25) is 4.79 Å². The van der Waals surface area contributed by atoms with Crippen LogP contribution >= 0.6 is 36.2 Å². The molecule has 1 amide bonds. The molecule has 2 heterocycles. The Balaban J connectivity index is 0.00000200. The number of nitrogens with one attached hydrogen (secondary N) is 2. The molecule has 1 atom stereocenters. The molecule has 1 aliphatic heterocycles. The van der Waals surface area contributed by atoms with Crippen LogP contribution in [0.3, 0.4) is 0 Å². The van der Waals surface area contributed by atoms with Gasteiger partial charge in [-0.25, -0.2) is 4.98 Å². The van der Waals surface area contributed by atoms with Gasteiger partial charge < -0.3 is 10.6 Å². The molecular formula is C14H25Cl2N3OS. The van der Waals surface area contributed by atoms with Gasteiger partial charge in [0.2, 0.25) is 5.91 Å². The fourth-order valence-electron chi connectivity index (χ4n) is 2.35. The molecule has 0 bridgehead atoms. The summed E-state index contributed by atoms with van der Waals surface area (Å²) in [5.41, 5.74) is 1.11. The van der Waals surface area contributed by atoms with Gasteiger partial charge in [0.15, 0.2) is 0 Å². The zero-order valence-corrected chi connectivity index (χ0v) is 14.8. The van der Waals surface area contributed by atoms with E-state index in [1.54, 1.807) is 11.3 Å². The Morgan fingerprint density at radius 1 is 1.48 bits per heavy atom. The van der Waals surface area contributed by atoms with Crippen LogP contribution in [0.2, 0.25) is 0 Å². The summed E-state index contributed by atoms with van der Waals surface area (Å²) in [5.74, 6) is 0.396. The molecule has 4 nitrogen and oxygen atoms in total. The average Bonchev–Trinajstić information content (AvgIpc) is 2.85. The molecule has 2 N–H and O–H groups in total. The molecule has 122 valence electrons. The highest BCUT2D eigenvalue weighted by molar-refractivity contribution is 7.09. The van der Waals surface area contributed by atoms with E-state index in [1.807, 2.05) is 6.92 Å². The van der Waals surface area contributed by atoms with Crippen molar-refractivity contribution in [2.45, 2.75) is 39.0 Å². The molecule has 2 rings (SSSR count). The van der Waals surface area contributed by atoms with E-state index in [-0.39, 0.29) is 36.6 Å². The summed E-state index contributed by atoms with van der Waals surface area (Å²) in [7, 11) is 0. The normalized spacial score (nSPS) is 17.5. The maximum Gasteiger partial charge on any atom is 0.224 e. The fourth-order valence-corrected chi connectivity index (χ4v) is 3.17. The van der Waals surface area contributed by atoms with Crippen LogP contribution in [0, 0.1) is 12.8 Å². The number of thiazole rings is 1. The van der Waals surface area contributed by atoms with Crippen molar-refractivity contribution in [3.63, 3.8) is 0 Å². The molecule has 0 radical (unpaired) electrons. The Labute approximate surface area is 143 Å². The van der Waals surface area contributed by atoms with E-state index in [0.29, 0.717) is 0 Å². The molecular weight excluding hydrogens is 329 g/mol. The van der Waals surface area contributed by atoms with Gasteiger partial charge >= 0.3 is 0 Å². The number of carbonyl (C=O) groups is 1. The van der Waals surface area contributed by atoms with Crippen LogP contribution in [0.4, 0.5) is 0 Å². The Morgan fingerprint density at radius 3 is 2.90 bits per heavy atom. The standard InChI is InChI=1S/C14H23N3OS.2ClH/c1-11-10-19-13(17-11)6-2-3-8-16-14(18)12-5-4-7-15-9-12;;/h10,12,15H,2-9H2,1H3,(H,16,18);2*1H. The van der Waals surface area contributed by atoms with Crippen molar-refractivity contribution in [2.24, 2.45) is 5.92 Å². The van der Waals surface area contributed by atoms with E-state index >= 15 is 0 Å². The Kier molecular flexibility index (Phi) is 11.0. The monoisotopic (exact) mass is 353 g/mol. The highest BCUT2D eigenvalue weighted by Crippen LogP contribution is 2.12. The van der Waals surface area contributed by atoms with E-state index in [2.05, 4.69) is 21.0 Å². The van der Waals surface area contributed by atoms with Crippen molar-refractivity contribution < 1.29 is 4.79 Å². The van der Waals surface area contributed by atoms with Crippen LogP contribution in [0.15, 0.2) is 5.38 Å². The summed E-state index contributed by atoms with van der Waals surface area (Å²) in [6, 6.07) is 0. The van der Waals surface area contributed by atoms with Crippen LogP contribution in [0.5, 0.6) is 0 Å². The maximum atomic E-state index is 11.9. The maximum absolute atomic E-state index is 11.9. The first-order valence-electron chi connectivity index (χ1n) is 7.15. The first kappa shape index (κ1) is 20.6. The molecule has 1 aliphatic rings. The fraction of sp³-hybridized carbons (Fsp3) is 0.714. The molecule has 0 aliphatic carbocycles. The molecule has 0 aromatic carbocycles. The van der Waals surface area contributed by atoms with Crippen LogP contribution in [-0.4, -0.2) is 30.5 Å². The predicted octanol–water partition coefficient (Wildman–Crippen LogP) is 2.73. The average molecular weight is 354 g/mol. The first-order chi connectivity index (χ1) is 9.25. The largest absolute Gasteiger partial charge is 0.356 e. The smallest absolute Gasteiger partial charge is 0.224 e. The van der Waals surface area contributed by atoms with Crippen LogP contribution in [0.1, 0.15) is 36.4 Å². The number of amides is 1. The van der Waals surface area contributed by atoms with Crippen molar-refractivity contribution >= 4 is 42.1 Å². The lowest BCUT2D eigenvalue weighted by Gasteiger charge is -2.21. The van der Waals surface area contributed by atoms with Crippen molar-refractivity contribution in [3.8, 4) is 0 Å². The third-order valence-corrected chi connectivity index (χ3v) is 4.48. The SMILES string of the molecule is Cc1csc(CCCCNC(=O)C2CCCNC2)n1.Cl.Cl. The Bertz CT molecular complexity index is 409. The predicted molar refractivity (Wildman–Crippen MR) is 92.9 cm³/mol. The molecule has 1 unspecified atom stereocenters. The Morgan fingerprint density at radius 2 is 2.29 bits per heavy atom. The van der Waals surface area contributed by atoms with Crippen molar-refractivity contribution in [2.75, 3.05) is 19.6 Å². The van der Waals surface area contributed by atoms with E-state index < -0.39 is 0 Å². The summed E-state index contributed by atoms with van der Waals surface area (Å²) in [6.07, 6.45) is 5.29. The molecule has 0 spiro atoms. The van der Waals surface area contributed by atoms with E-state index in [0.717, 1.165) is 57.4 Å². The summed E-state index contributed by atoms with van der Waals surface area (Å²) < 4.78 is 0. The topological polar surface area (TPSA) is 54.0 Å². The second-order valence-corrected chi connectivity index (χ2v) is 6.12. The van der Waals surface area contributed by atoms with Crippen molar-refractivity contribution in [1.29, 1.82) is 0 Å². The van der Waals surface area contributed by atoms with Crippen molar-refractivity contribution in [3.05, 3.63) is 16.1 Å². The second kappa shape index (κ2) is 11.2. The minimum Gasteiger partial charge on any atom is -0.356 e. The molecule has 0 saturated carbocycles. The quantitative estimate of drug-likeness (QED) is 0.773. The number of piperidine rings is 1. The van der Waals surface area contributed by atoms with Crippen molar-refractivity contribution in [1.82, 2.24) is 15.6 Å². The first-order valence-corrected chi connectivity index (χ1v) is 8.03. The summed E-state index contributed by atoms with van der Waals surface area (Å²) in [4.78, 5) is 16.3. The molecule has 1 aromatic rings. The highest BCUT2D eigenvalue weighted by Gasteiger charge is 2.19. The third-order valence-electron chi connectivity index (χ3n) is 3.45. The minimum absolute atomic E-state index is 0. The van der Waals surface area contributed by atoms with Gasteiger partial charge in [-0.05, 0) is 45.6 Å². The van der Waals surface area contributed by atoms with E-state index in [9.17, 15) is 4.79 Å².